The topological polar surface area (TPSA) is 86.2 Å². The Morgan fingerprint density at radius 2 is 2.15 bits per heavy atom. The van der Waals surface area contributed by atoms with Crippen molar-refractivity contribution in [2.24, 2.45) is 7.05 Å². The molecule has 0 spiro atoms. The van der Waals surface area contributed by atoms with Crippen LogP contribution in [0, 0.1) is 0 Å². The van der Waals surface area contributed by atoms with E-state index >= 15 is 0 Å². The Labute approximate surface area is 114 Å². The first kappa shape index (κ1) is 12.2. The normalized spacial score (nSPS) is 10.7. The fourth-order valence-corrected chi connectivity index (χ4v) is 1.78. The molecular weight excluding hydrogens is 260 g/mol. The van der Waals surface area contributed by atoms with Gasteiger partial charge in [-0.15, -0.1) is 0 Å². The van der Waals surface area contributed by atoms with Gasteiger partial charge in [0, 0.05) is 13.2 Å². The molecule has 0 unspecified atom stereocenters. The molecule has 3 aromatic rings. The van der Waals surface area contributed by atoms with Crippen molar-refractivity contribution in [1.29, 1.82) is 0 Å². The van der Waals surface area contributed by atoms with Crippen LogP contribution in [-0.2, 0) is 7.05 Å². The first-order valence-corrected chi connectivity index (χ1v) is 5.88. The maximum atomic E-state index is 9.86. The summed E-state index contributed by atoms with van der Waals surface area (Å²) in [7, 11) is 3.35. The summed E-state index contributed by atoms with van der Waals surface area (Å²) >= 11 is 0. The van der Waals surface area contributed by atoms with Crippen molar-refractivity contribution < 1.29 is 14.4 Å². The number of ether oxygens (including phenoxy) is 1. The molecular formula is C13H12N4O3. The van der Waals surface area contributed by atoms with Crippen molar-refractivity contribution in [2.75, 3.05) is 7.11 Å². The van der Waals surface area contributed by atoms with Gasteiger partial charge in [-0.25, -0.2) is 0 Å². The smallest absolute Gasteiger partial charge is 0.262 e. The van der Waals surface area contributed by atoms with Crippen LogP contribution in [0.25, 0.3) is 23.0 Å². The van der Waals surface area contributed by atoms with Crippen LogP contribution in [0.4, 0.5) is 0 Å². The number of aromatic hydroxyl groups is 1. The number of aryl methyl sites for hydroxylation is 1. The Morgan fingerprint density at radius 1 is 1.30 bits per heavy atom. The van der Waals surface area contributed by atoms with Crippen LogP contribution in [0.5, 0.6) is 11.5 Å². The SMILES string of the molecule is COc1ccc(O)c(-c2nc(-c3ccn(C)n3)no2)c1. The van der Waals surface area contributed by atoms with Crippen LogP contribution < -0.4 is 4.74 Å². The number of rotatable bonds is 3. The molecule has 102 valence electrons. The average Bonchev–Trinajstić information content (AvgIpc) is 3.08. The molecule has 0 radical (unpaired) electrons. The van der Waals surface area contributed by atoms with Crippen LogP contribution in [-0.4, -0.2) is 32.1 Å². The zero-order valence-corrected chi connectivity index (χ0v) is 10.9. The van der Waals surface area contributed by atoms with Crippen molar-refractivity contribution in [3.8, 4) is 34.5 Å². The third-order valence-corrected chi connectivity index (χ3v) is 2.80. The largest absolute Gasteiger partial charge is 0.507 e. The molecule has 1 aromatic carbocycles. The molecule has 1 N–H and O–H groups in total. The lowest BCUT2D eigenvalue weighted by Gasteiger charge is -2.02. The number of methoxy groups -OCH3 is 1. The molecule has 0 aliphatic rings. The van der Waals surface area contributed by atoms with Gasteiger partial charge >= 0.3 is 0 Å². The molecule has 2 heterocycles. The molecule has 7 heteroatoms. The van der Waals surface area contributed by atoms with E-state index in [2.05, 4.69) is 15.2 Å². The van der Waals surface area contributed by atoms with Gasteiger partial charge in [0.05, 0.1) is 12.7 Å². The van der Waals surface area contributed by atoms with Gasteiger partial charge in [0.15, 0.2) is 0 Å². The minimum Gasteiger partial charge on any atom is -0.507 e. The second kappa shape index (κ2) is 4.69. The Balaban J connectivity index is 2.01. The predicted octanol–water partition coefficient (Wildman–Crippen LogP) is 1.85. The Morgan fingerprint density at radius 3 is 2.85 bits per heavy atom. The summed E-state index contributed by atoms with van der Waals surface area (Å²) < 4.78 is 11.9. The zero-order chi connectivity index (χ0) is 14.1. The molecule has 0 aliphatic carbocycles. The predicted molar refractivity (Wildman–Crippen MR) is 70.2 cm³/mol. The molecule has 0 atom stereocenters. The zero-order valence-electron chi connectivity index (χ0n) is 10.9. The lowest BCUT2D eigenvalue weighted by atomic mass is 10.2. The number of hydrogen-bond acceptors (Lipinski definition) is 6. The van der Waals surface area contributed by atoms with Gasteiger partial charge in [-0.2, -0.15) is 10.1 Å². The van der Waals surface area contributed by atoms with E-state index in [1.165, 1.54) is 6.07 Å². The third-order valence-electron chi connectivity index (χ3n) is 2.80. The molecule has 0 amide bonds. The molecule has 0 bridgehead atoms. The van der Waals surface area contributed by atoms with Gasteiger partial charge in [0.2, 0.25) is 5.82 Å². The van der Waals surface area contributed by atoms with Crippen molar-refractivity contribution in [1.82, 2.24) is 19.9 Å². The van der Waals surface area contributed by atoms with Gasteiger partial charge in [-0.1, -0.05) is 5.16 Å². The Kier molecular flexibility index (Phi) is 2.86. The second-order valence-electron chi connectivity index (χ2n) is 4.18. The summed E-state index contributed by atoms with van der Waals surface area (Å²) in [4.78, 5) is 4.23. The molecule has 2 aromatic heterocycles. The quantitative estimate of drug-likeness (QED) is 0.783. The molecule has 7 nitrogen and oxygen atoms in total. The van der Waals surface area contributed by atoms with E-state index < -0.39 is 0 Å². The van der Waals surface area contributed by atoms with E-state index in [0.717, 1.165) is 0 Å². The van der Waals surface area contributed by atoms with E-state index in [1.54, 1.807) is 43.2 Å². The van der Waals surface area contributed by atoms with Crippen molar-refractivity contribution >= 4 is 0 Å². The van der Waals surface area contributed by atoms with Gasteiger partial charge in [0.25, 0.3) is 5.89 Å². The van der Waals surface area contributed by atoms with Gasteiger partial charge in [-0.05, 0) is 24.3 Å². The average molecular weight is 272 g/mol. The number of phenolic OH excluding ortho intramolecular Hbond substituents is 1. The highest BCUT2D eigenvalue weighted by Crippen LogP contribution is 2.32. The number of phenols is 1. The summed E-state index contributed by atoms with van der Waals surface area (Å²) in [6.45, 7) is 0. The molecule has 20 heavy (non-hydrogen) atoms. The molecule has 0 saturated heterocycles. The summed E-state index contributed by atoms with van der Waals surface area (Å²) in [5.74, 6) is 1.21. The van der Waals surface area contributed by atoms with Crippen LogP contribution in [0.1, 0.15) is 0 Å². The van der Waals surface area contributed by atoms with Crippen molar-refractivity contribution in [3.05, 3.63) is 30.5 Å². The Bertz CT molecular complexity index is 748. The minimum absolute atomic E-state index is 0.0435. The number of nitrogens with zero attached hydrogens (tertiary/aromatic N) is 4. The highest BCUT2D eigenvalue weighted by Gasteiger charge is 2.16. The summed E-state index contributed by atoms with van der Waals surface area (Å²) in [6.07, 6.45) is 1.79. The van der Waals surface area contributed by atoms with Crippen LogP contribution >= 0.6 is 0 Å². The third kappa shape index (κ3) is 2.09. The minimum atomic E-state index is 0.0435. The molecule has 0 saturated carbocycles. The van der Waals surface area contributed by atoms with Gasteiger partial charge in [-0.3, -0.25) is 4.68 Å². The standard InChI is InChI=1S/C13H12N4O3/c1-17-6-5-10(15-17)12-14-13(20-16-12)9-7-8(19-2)3-4-11(9)18/h3-7,18H,1-2H3. The Hall–Kier alpha value is -2.83. The van der Waals surface area contributed by atoms with E-state index in [-0.39, 0.29) is 11.6 Å². The van der Waals surface area contributed by atoms with E-state index in [1.807, 2.05) is 0 Å². The van der Waals surface area contributed by atoms with Gasteiger partial charge in [0.1, 0.15) is 17.2 Å². The van der Waals surface area contributed by atoms with Crippen LogP contribution in [0.3, 0.4) is 0 Å². The first-order chi connectivity index (χ1) is 9.67. The molecule has 0 fully saturated rings. The maximum absolute atomic E-state index is 9.86. The summed E-state index contributed by atoms with van der Waals surface area (Å²) in [5.41, 5.74) is 1.02. The molecule has 3 rings (SSSR count). The van der Waals surface area contributed by atoms with Crippen molar-refractivity contribution in [2.45, 2.75) is 0 Å². The number of aromatic nitrogens is 4. The van der Waals surface area contributed by atoms with E-state index in [0.29, 0.717) is 22.8 Å². The van der Waals surface area contributed by atoms with Crippen molar-refractivity contribution in [3.63, 3.8) is 0 Å². The fourth-order valence-electron chi connectivity index (χ4n) is 1.78. The molecule has 0 aliphatic heterocycles. The maximum Gasteiger partial charge on any atom is 0.262 e. The number of benzene rings is 1. The lowest BCUT2D eigenvalue weighted by Crippen LogP contribution is -1.89. The van der Waals surface area contributed by atoms with Gasteiger partial charge < -0.3 is 14.4 Å². The fraction of sp³-hybridized carbons (Fsp3) is 0.154. The van der Waals surface area contributed by atoms with Crippen LogP contribution in [0.15, 0.2) is 35.0 Å². The van der Waals surface area contributed by atoms with E-state index in [4.69, 9.17) is 9.26 Å². The van der Waals surface area contributed by atoms with Crippen LogP contribution in [0.2, 0.25) is 0 Å². The summed E-state index contributed by atoms with van der Waals surface area (Å²) in [6, 6.07) is 6.57. The second-order valence-corrected chi connectivity index (χ2v) is 4.18. The highest BCUT2D eigenvalue weighted by molar-refractivity contribution is 5.65. The monoisotopic (exact) mass is 272 g/mol. The first-order valence-electron chi connectivity index (χ1n) is 5.88. The number of hydrogen-bond donors (Lipinski definition) is 1. The summed E-state index contributed by atoms with van der Waals surface area (Å²) in [5, 5.41) is 17.9. The van der Waals surface area contributed by atoms with E-state index in [9.17, 15) is 5.11 Å². The highest BCUT2D eigenvalue weighted by atomic mass is 16.5. The lowest BCUT2D eigenvalue weighted by molar-refractivity contribution is 0.408.